The summed E-state index contributed by atoms with van der Waals surface area (Å²) < 4.78 is 64.7. The van der Waals surface area contributed by atoms with E-state index in [-0.39, 0.29) is 31.2 Å². The molecule has 2 aliphatic heterocycles. The first-order valence-electron chi connectivity index (χ1n) is 6.24. The maximum atomic E-state index is 11.6. The highest BCUT2D eigenvalue weighted by Gasteiger charge is 2.24. The van der Waals surface area contributed by atoms with Gasteiger partial charge in [-0.1, -0.05) is 0 Å². The predicted octanol–water partition coefficient (Wildman–Crippen LogP) is -1.05. The second-order valence-electron chi connectivity index (χ2n) is 4.48. The Bertz CT molecular complexity index is 706. The van der Waals surface area contributed by atoms with Gasteiger partial charge in [0.15, 0.2) is 24.7 Å². The summed E-state index contributed by atoms with van der Waals surface area (Å²) in [5.41, 5.74) is 0. The van der Waals surface area contributed by atoms with Gasteiger partial charge >= 0.3 is 32.2 Å². The lowest BCUT2D eigenvalue weighted by atomic mass is 10.5. The third kappa shape index (κ3) is 5.56. The topological polar surface area (TPSA) is 139 Å². The van der Waals surface area contributed by atoms with Gasteiger partial charge in [-0.3, -0.25) is 0 Å². The van der Waals surface area contributed by atoms with E-state index >= 15 is 0 Å². The quantitative estimate of drug-likeness (QED) is 0.385. The fraction of sp³-hybridized carbons (Fsp3) is 0.455. The van der Waals surface area contributed by atoms with Gasteiger partial charge in [0.2, 0.25) is 0 Å². The number of rotatable bonds is 8. The van der Waals surface area contributed by atoms with Crippen LogP contribution >= 0.6 is 0 Å². The lowest BCUT2D eigenvalue weighted by molar-refractivity contribution is -0.136. The molecule has 0 saturated carbocycles. The van der Waals surface area contributed by atoms with Crippen LogP contribution in [0.5, 0.6) is 0 Å². The van der Waals surface area contributed by atoms with E-state index in [0.29, 0.717) is 0 Å². The molecule has 0 aliphatic carbocycles. The number of esters is 2. The van der Waals surface area contributed by atoms with Crippen molar-refractivity contribution in [2.75, 3.05) is 24.7 Å². The average Bonchev–Trinajstić information content (AvgIpc) is 2.96. The minimum Gasteiger partial charge on any atom is -0.454 e. The van der Waals surface area contributed by atoms with Gasteiger partial charge in [0.05, 0.1) is 23.7 Å². The predicted molar refractivity (Wildman–Crippen MR) is 72.4 cm³/mol. The Balaban J connectivity index is 1.81. The van der Waals surface area contributed by atoms with Crippen molar-refractivity contribution in [3.05, 3.63) is 23.7 Å². The van der Waals surface area contributed by atoms with Gasteiger partial charge in [-0.25, -0.2) is 9.59 Å². The third-order valence-corrected chi connectivity index (χ3v) is 5.04. The molecule has 0 bridgehead atoms. The van der Waals surface area contributed by atoms with Crippen LogP contribution in [0.15, 0.2) is 23.7 Å². The van der Waals surface area contributed by atoms with Crippen molar-refractivity contribution in [3.8, 4) is 0 Å². The van der Waals surface area contributed by atoms with Crippen molar-refractivity contribution < 1.29 is 44.3 Å². The van der Waals surface area contributed by atoms with Gasteiger partial charge in [-0.2, -0.15) is 16.8 Å². The number of carbonyl (C=O) groups excluding carboxylic acids is 2. The fourth-order valence-electron chi connectivity index (χ4n) is 1.63. The number of ether oxygens (including phenoxy) is 2. The molecular formula is C11H12O10S2. The minimum absolute atomic E-state index is 0.166. The van der Waals surface area contributed by atoms with E-state index in [9.17, 15) is 26.4 Å². The molecule has 2 heterocycles. The Morgan fingerprint density at radius 2 is 1.22 bits per heavy atom. The van der Waals surface area contributed by atoms with Crippen LogP contribution in [0.3, 0.4) is 0 Å². The van der Waals surface area contributed by atoms with E-state index < -0.39 is 43.7 Å². The first-order valence-corrected chi connectivity index (χ1v) is 9.40. The van der Waals surface area contributed by atoms with Crippen LogP contribution in [0.4, 0.5) is 0 Å². The van der Waals surface area contributed by atoms with E-state index in [1.165, 1.54) is 0 Å². The molecule has 12 heteroatoms. The van der Waals surface area contributed by atoms with E-state index in [4.69, 9.17) is 0 Å². The highest BCUT2D eigenvalue weighted by molar-refractivity contribution is 7.87. The van der Waals surface area contributed by atoms with E-state index in [1.807, 2.05) is 0 Å². The maximum Gasteiger partial charge on any atom is 0.334 e. The molecule has 128 valence electrons. The van der Waals surface area contributed by atoms with Crippen molar-refractivity contribution in [2.45, 2.75) is 6.42 Å². The summed E-state index contributed by atoms with van der Waals surface area (Å²) in [7, 11) is -8.12. The van der Waals surface area contributed by atoms with Crippen molar-refractivity contribution in [2.24, 2.45) is 0 Å². The van der Waals surface area contributed by atoms with Crippen molar-refractivity contribution in [1.29, 1.82) is 0 Å². The minimum atomic E-state index is -4.06. The Morgan fingerprint density at radius 1 is 0.826 bits per heavy atom. The lowest BCUT2D eigenvalue weighted by Crippen LogP contribution is -2.17. The Labute approximate surface area is 131 Å². The van der Waals surface area contributed by atoms with E-state index in [2.05, 4.69) is 17.8 Å². The zero-order valence-corrected chi connectivity index (χ0v) is 13.2. The molecule has 2 aliphatic rings. The molecule has 0 fully saturated rings. The van der Waals surface area contributed by atoms with Crippen LogP contribution in [0, 0.1) is 0 Å². The van der Waals surface area contributed by atoms with Crippen LogP contribution in [0.2, 0.25) is 0 Å². The summed E-state index contributed by atoms with van der Waals surface area (Å²) in [6, 6.07) is 0. The van der Waals surface area contributed by atoms with Crippen LogP contribution in [0.25, 0.3) is 0 Å². The Morgan fingerprint density at radius 3 is 1.52 bits per heavy atom. The molecule has 2 rings (SSSR count). The summed E-state index contributed by atoms with van der Waals surface area (Å²) >= 11 is 0. The molecule has 23 heavy (non-hydrogen) atoms. The van der Waals surface area contributed by atoms with Crippen LogP contribution in [-0.4, -0.2) is 53.5 Å². The molecule has 0 N–H and O–H groups in total. The monoisotopic (exact) mass is 368 g/mol. The number of hydrogen-bond acceptors (Lipinski definition) is 10. The van der Waals surface area contributed by atoms with Gasteiger partial charge in [0, 0.05) is 0 Å². The second-order valence-corrected chi connectivity index (χ2v) is 7.86. The molecule has 0 spiro atoms. The van der Waals surface area contributed by atoms with Crippen molar-refractivity contribution in [3.63, 3.8) is 0 Å². The molecule has 0 amide bonds. The summed E-state index contributed by atoms with van der Waals surface area (Å²) in [5, 5.41) is 0. The van der Waals surface area contributed by atoms with Crippen molar-refractivity contribution in [1.82, 2.24) is 0 Å². The fourth-order valence-corrected chi connectivity index (χ4v) is 3.82. The van der Waals surface area contributed by atoms with Gasteiger partial charge in [-0.05, 0) is 6.42 Å². The Kier molecular flexibility index (Phi) is 4.94. The second kappa shape index (κ2) is 6.58. The standard InChI is InChI=1S/C11H12O10S2/c12-10-4-8(6-18-10)20-22(14,15)2-1-3-23(16,17)21-9-5-11(13)19-7-9/h4-5H,1-3,6-7H2. The molecule has 0 saturated heterocycles. The zero-order chi connectivity index (χ0) is 17.1. The summed E-state index contributed by atoms with van der Waals surface area (Å²) in [6.45, 7) is -0.580. The third-order valence-electron chi connectivity index (χ3n) is 2.53. The van der Waals surface area contributed by atoms with Crippen molar-refractivity contribution >= 4 is 32.2 Å². The molecule has 10 nitrogen and oxygen atoms in total. The molecule has 0 atom stereocenters. The van der Waals surface area contributed by atoms with Gasteiger partial charge in [-0.15, -0.1) is 0 Å². The van der Waals surface area contributed by atoms with Gasteiger partial charge in [0.25, 0.3) is 0 Å². The molecular weight excluding hydrogens is 356 g/mol. The molecule has 0 unspecified atom stereocenters. The molecule has 0 aromatic heterocycles. The van der Waals surface area contributed by atoms with E-state index in [1.54, 1.807) is 0 Å². The van der Waals surface area contributed by atoms with Crippen LogP contribution < -0.4 is 0 Å². The largest absolute Gasteiger partial charge is 0.454 e. The number of carbonyl (C=O) groups is 2. The highest BCUT2D eigenvalue weighted by Crippen LogP contribution is 2.14. The normalized spacial score (nSPS) is 18.1. The van der Waals surface area contributed by atoms with Crippen LogP contribution in [-0.2, 0) is 47.7 Å². The first kappa shape index (κ1) is 17.3. The number of hydrogen-bond donors (Lipinski definition) is 0. The highest BCUT2D eigenvalue weighted by atomic mass is 32.2. The first-order chi connectivity index (χ1) is 10.7. The molecule has 0 aromatic rings. The zero-order valence-electron chi connectivity index (χ0n) is 11.6. The lowest BCUT2D eigenvalue weighted by Gasteiger charge is -2.08. The maximum absolute atomic E-state index is 11.6. The smallest absolute Gasteiger partial charge is 0.334 e. The number of cyclic esters (lactones) is 2. The summed E-state index contributed by atoms with van der Waals surface area (Å²) in [6.07, 6.45) is 1.48. The summed E-state index contributed by atoms with van der Waals surface area (Å²) in [4.78, 5) is 21.5. The van der Waals surface area contributed by atoms with Gasteiger partial charge in [0.1, 0.15) is 0 Å². The Hall–Kier alpha value is -2.08. The SMILES string of the molecule is O=C1C=C(OS(=O)(=O)CCCS(=O)(=O)OC2=CC(=O)OC2)CO1. The average molecular weight is 368 g/mol. The van der Waals surface area contributed by atoms with E-state index in [0.717, 1.165) is 12.2 Å². The van der Waals surface area contributed by atoms with Crippen LogP contribution in [0.1, 0.15) is 6.42 Å². The molecule has 0 aromatic carbocycles. The van der Waals surface area contributed by atoms with Gasteiger partial charge < -0.3 is 17.8 Å². The molecule has 0 radical (unpaired) electrons. The summed E-state index contributed by atoms with van der Waals surface area (Å²) in [5.74, 6) is -2.96.